The molecule has 1 aromatic rings. The van der Waals surface area contributed by atoms with Gasteiger partial charge in [0.25, 0.3) is 0 Å². The Labute approximate surface area is 90.8 Å². The van der Waals surface area contributed by atoms with Crippen molar-refractivity contribution in [3.05, 3.63) is 48.0 Å². The molecule has 0 radical (unpaired) electrons. The fourth-order valence-corrected chi connectivity index (χ4v) is 2.61. The van der Waals surface area contributed by atoms with E-state index < -0.39 is 0 Å². The first-order chi connectivity index (χ1) is 7.21. The summed E-state index contributed by atoms with van der Waals surface area (Å²) in [5.41, 5.74) is 0.844. The van der Waals surface area contributed by atoms with Crippen molar-refractivity contribution in [2.75, 3.05) is 0 Å². The Bertz CT molecular complexity index is 391. The van der Waals surface area contributed by atoms with Gasteiger partial charge in [0, 0.05) is 0 Å². The molecule has 0 fully saturated rings. The topological polar surface area (TPSA) is 17.1 Å². The minimum atomic E-state index is -0.304. The third-order valence-corrected chi connectivity index (χ3v) is 3.60. The highest BCUT2D eigenvalue weighted by molar-refractivity contribution is 6.02. The Morgan fingerprint density at radius 3 is 2.40 bits per heavy atom. The van der Waals surface area contributed by atoms with Crippen LogP contribution in [0.3, 0.4) is 0 Å². The molecule has 1 aliphatic rings. The molecule has 1 aromatic carbocycles. The van der Waals surface area contributed by atoms with Crippen LogP contribution in [0.4, 0.5) is 0 Å². The van der Waals surface area contributed by atoms with Crippen molar-refractivity contribution in [3.63, 3.8) is 0 Å². The SMILES string of the molecule is CC[C@]1(c2ccccc2)C(=O)C=C[C@H]1C. The van der Waals surface area contributed by atoms with Crippen molar-refractivity contribution in [2.24, 2.45) is 5.92 Å². The van der Waals surface area contributed by atoms with Gasteiger partial charge < -0.3 is 0 Å². The molecule has 0 aliphatic heterocycles. The maximum absolute atomic E-state index is 12.1. The van der Waals surface area contributed by atoms with Crippen LogP contribution < -0.4 is 0 Å². The Hall–Kier alpha value is -1.37. The van der Waals surface area contributed by atoms with E-state index in [2.05, 4.69) is 26.0 Å². The van der Waals surface area contributed by atoms with E-state index in [1.807, 2.05) is 24.3 Å². The maximum Gasteiger partial charge on any atom is 0.166 e. The molecule has 0 spiro atoms. The van der Waals surface area contributed by atoms with Gasteiger partial charge in [-0.3, -0.25) is 4.79 Å². The predicted molar refractivity (Wildman–Crippen MR) is 61.7 cm³/mol. The van der Waals surface area contributed by atoms with Gasteiger partial charge in [-0.05, 0) is 24.0 Å². The molecule has 0 heterocycles. The Morgan fingerprint density at radius 1 is 1.27 bits per heavy atom. The molecule has 15 heavy (non-hydrogen) atoms. The summed E-state index contributed by atoms with van der Waals surface area (Å²) in [6.07, 6.45) is 4.63. The normalized spacial score (nSPS) is 29.7. The quantitative estimate of drug-likeness (QED) is 0.717. The Balaban J connectivity index is 2.52. The van der Waals surface area contributed by atoms with Crippen LogP contribution in [0.25, 0.3) is 0 Å². The number of carbonyl (C=O) groups is 1. The van der Waals surface area contributed by atoms with Gasteiger partial charge in [0.2, 0.25) is 0 Å². The van der Waals surface area contributed by atoms with Crippen LogP contribution >= 0.6 is 0 Å². The second-order valence-corrected chi connectivity index (χ2v) is 4.20. The summed E-state index contributed by atoms with van der Waals surface area (Å²) in [4.78, 5) is 12.1. The minimum absolute atomic E-state index is 0.253. The van der Waals surface area contributed by atoms with Gasteiger partial charge in [-0.25, -0.2) is 0 Å². The molecule has 0 saturated heterocycles. The monoisotopic (exact) mass is 200 g/mol. The molecule has 78 valence electrons. The second-order valence-electron chi connectivity index (χ2n) is 4.20. The summed E-state index contributed by atoms with van der Waals surface area (Å²) in [6, 6.07) is 10.1. The van der Waals surface area contributed by atoms with Crippen molar-refractivity contribution in [1.82, 2.24) is 0 Å². The fourth-order valence-electron chi connectivity index (χ4n) is 2.61. The van der Waals surface area contributed by atoms with Gasteiger partial charge in [-0.2, -0.15) is 0 Å². The molecule has 0 saturated carbocycles. The largest absolute Gasteiger partial charge is 0.294 e. The summed E-state index contributed by atoms with van der Waals surface area (Å²) in [5.74, 6) is 0.557. The molecule has 2 rings (SSSR count). The molecule has 1 nitrogen and oxygen atoms in total. The van der Waals surface area contributed by atoms with Crippen LogP contribution in [0.5, 0.6) is 0 Å². The number of rotatable bonds is 2. The first kappa shape index (κ1) is 10.2. The number of hydrogen-bond acceptors (Lipinski definition) is 1. The van der Waals surface area contributed by atoms with Gasteiger partial charge in [0.15, 0.2) is 5.78 Å². The molecule has 0 unspecified atom stereocenters. The second kappa shape index (κ2) is 3.65. The molecular weight excluding hydrogens is 184 g/mol. The standard InChI is InChI=1S/C14H16O/c1-3-14(11(2)9-10-13(14)15)12-7-5-4-6-8-12/h4-11H,3H2,1-2H3/t11-,14+/m1/s1. The Morgan fingerprint density at radius 2 is 1.93 bits per heavy atom. The lowest BCUT2D eigenvalue weighted by Gasteiger charge is -2.31. The fraction of sp³-hybridized carbons (Fsp3) is 0.357. The number of ketones is 1. The Kier molecular flexibility index (Phi) is 2.47. The van der Waals surface area contributed by atoms with Gasteiger partial charge in [-0.15, -0.1) is 0 Å². The predicted octanol–water partition coefficient (Wildman–Crippen LogP) is 3.11. The lowest BCUT2D eigenvalue weighted by atomic mass is 9.70. The van der Waals surface area contributed by atoms with Crippen molar-refractivity contribution < 1.29 is 4.79 Å². The van der Waals surface area contributed by atoms with Crippen LogP contribution in [-0.4, -0.2) is 5.78 Å². The average Bonchev–Trinajstić information content (AvgIpc) is 2.57. The van der Waals surface area contributed by atoms with Gasteiger partial charge in [0.05, 0.1) is 5.41 Å². The number of allylic oxidation sites excluding steroid dienone is 2. The molecule has 0 bridgehead atoms. The minimum Gasteiger partial charge on any atom is -0.294 e. The van der Waals surface area contributed by atoms with E-state index in [9.17, 15) is 4.79 Å². The smallest absolute Gasteiger partial charge is 0.166 e. The molecular formula is C14H16O. The molecule has 1 aliphatic carbocycles. The first-order valence-electron chi connectivity index (χ1n) is 5.50. The zero-order valence-electron chi connectivity index (χ0n) is 9.23. The molecule has 2 atom stereocenters. The lowest BCUT2D eigenvalue weighted by Crippen LogP contribution is -2.36. The zero-order valence-corrected chi connectivity index (χ0v) is 9.23. The summed E-state index contributed by atoms with van der Waals surface area (Å²) in [6.45, 7) is 4.21. The van der Waals surface area contributed by atoms with Gasteiger partial charge >= 0.3 is 0 Å². The van der Waals surface area contributed by atoms with E-state index in [0.29, 0.717) is 5.92 Å². The number of benzene rings is 1. The van der Waals surface area contributed by atoms with Crippen LogP contribution in [0.2, 0.25) is 0 Å². The average molecular weight is 200 g/mol. The number of carbonyl (C=O) groups excluding carboxylic acids is 1. The van der Waals surface area contributed by atoms with E-state index >= 15 is 0 Å². The third-order valence-electron chi connectivity index (χ3n) is 3.60. The summed E-state index contributed by atoms with van der Waals surface area (Å²) in [7, 11) is 0. The highest BCUT2D eigenvalue weighted by Gasteiger charge is 2.44. The zero-order chi connectivity index (χ0) is 10.9. The van der Waals surface area contributed by atoms with Crippen molar-refractivity contribution in [1.29, 1.82) is 0 Å². The van der Waals surface area contributed by atoms with E-state index in [1.165, 1.54) is 0 Å². The van der Waals surface area contributed by atoms with Crippen molar-refractivity contribution >= 4 is 5.78 Å². The van der Waals surface area contributed by atoms with Crippen LogP contribution in [0.1, 0.15) is 25.8 Å². The third kappa shape index (κ3) is 1.34. The summed E-state index contributed by atoms with van der Waals surface area (Å²) < 4.78 is 0. The maximum atomic E-state index is 12.1. The molecule has 0 amide bonds. The summed E-state index contributed by atoms with van der Waals surface area (Å²) >= 11 is 0. The van der Waals surface area contributed by atoms with Gasteiger partial charge in [-0.1, -0.05) is 50.3 Å². The van der Waals surface area contributed by atoms with Crippen LogP contribution in [0, 0.1) is 5.92 Å². The molecule has 0 aromatic heterocycles. The molecule has 1 heteroatoms. The highest BCUT2D eigenvalue weighted by Crippen LogP contribution is 2.41. The van der Waals surface area contributed by atoms with E-state index in [4.69, 9.17) is 0 Å². The first-order valence-corrected chi connectivity index (χ1v) is 5.50. The highest BCUT2D eigenvalue weighted by atomic mass is 16.1. The lowest BCUT2D eigenvalue weighted by molar-refractivity contribution is -0.120. The molecule has 0 N–H and O–H groups in total. The van der Waals surface area contributed by atoms with E-state index in [1.54, 1.807) is 6.08 Å². The van der Waals surface area contributed by atoms with Crippen molar-refractivity contribution in [2.45, 2.75) is 25.7 Å². The summed E-state index contributed by atoms with van der Waals surface area (Å²) in [5, 5.41) is 0. The van der Waals surface area contributed by atoms with Crippen molar-refractivity contribution in [3.8, 4) is 0 Å². The number of hydrogen-bond donors (Lipinski definition) is 0. The van der Waals surface area contributed by atoms with Crippen LogP contribution in [-0.2, 0) is 10.2 Å². The van der Waals surface area contributed by atoms with Gasteiger partial charge in [0.1, 0.15) is 0 Å². The van der Waals surface area contributed by atoms with Crippen LogP contribution in [0.15, 0.2) is 42.5 Å². The van der Waals surface area contributed by atoms with E-state index in [0.717, 1.165) is 12.0 Å². The van der Waals surface area contributed by atoms with E-state index in [-0.39, 0.29) is 11.2 Å².